The topological polar surface area (TPSA) is 17.1 Å². The second kappa shape index (κ2) is 4.24. The first-order valence-corrected chi connectivity index (χ1v) is 4.47. The molecule has 0 aromatic heterocycles. The van der Waals surface area contributed by atoms with Crippen LogP contribution in [0.4, 0.5) is 8.78 Å². The van der Waals surface area contributed by atoms with Gasteiger partial charge in [-0.3, -0.25) is 4.79 Å². The fraction of sp³-hybridized carbons (Fsp3) is 0.222. The second-order valence-electron chi connectivity index (χ2n) is 2.75. The van der Waals surface area contributed by atoms with Gasteiger partial charge in [-0.1, -0.05) is 23.2 Å². The van der Waals surface area contributed by atoms with Crippen LogP contribution in [-0.2, 0) is 0 Å². The van der Waals surface area contributed by atoms with Crippen molar-refractivity contribution in [3.05, 3.63) is 33.3 Å². The van der Waals surface area contributed by atoms with Crippen LogP contribution in [0.5, 0.6) is 0 Å². The summed E-state index contributed by atoms with van der Waals surface area (Å²) < 4.78 is 24.1. The molecular weight excluding hydrogens is 233 g/mol. The van der Waals surface area contributed by atoms with E-state index in [1.165, 1.54) is 6.07 Å². The van der Waals surface area contributed by atoms with E-state index >= 15 is 0 Å². The molecule has 0 heterocycles. The van der Waals surface area contributed by atoms with Crippen molar-refractivity contribution in [1.82, 2.24) is 0 Å². The molecule has 1 aromatic rings. The molecule has 0 fully saturated rings. The zero-order valence-electron chi connectivity index (χ0n) is 7.15. The van der Waals surface area contributed by atoms with Gasteiger partial charge in [-0.05, 0) is 24.6 Å². The highest BCUT2D eigenvalue weighted by Crippen LogP contribution is 2.27. The summed E-state index contributed by atoms with van der Waals surface area (Å²) in [6.45, 7) is 1.59. The van der Waals surface area contributed by atoms with Gasteiger partial charge in [0.1, 0.15) is 0 Å². The van der Waals surface area contributed by atoms with Crippen LogP contribution in [0.15, 0.2) is 12.1 Å². The molecule has 0 saturated heterocycles. The van der Waals surface area contributed by atoms with Gasteiger partial charge in [-0.15, -0.1) is 0 Å². The Morgan fingerprint density at radius 1 is 1.36 bits per heavy atom. The van der Waals surface area contributed by atoms with E-state index in [1.54, 1.807) is 6.92 Å². The number of hydrogen-bond acceptors (Lipinski definition) is 1. The van der Waals surface area contributed by atoms with Gasteiger partial charge in [0.05, 0.1) is 10.0 Å². The molecule has 1 nitrogen and oxygen atoms in total. The van der Waals surface area contributed by atoms with E-state index < -0.39 is 12.2 Å². The lowest BCUT2D eigenvalue weighted by atomic mass is 10.1. The molecule has 0 amide bonds. The highest BCUT2D eigenvalue weighted by Gasteiger charge is 2.19. The number of benzene rings is 1. The van der Waals surface area contributed by atoms with Crippen molar-refractivity contribution < 1.29 is 13.6 Å². The lowest BCUT2D eigenvalue weighted by Crippen LogP contribution is -2.10. The fourth-order valence-corrected chi connectivity index (χ4v) is 1.37. The van der Waals surface area contributed by atoms with Gasteiger partial charge in [0, 0.05) is 5.56 Å². The Morgan fingerprint density at radius 3 is 2.36 bits per heavy atom. The number of Topliss-reactive ketones (excluding diaryl/α,β-unsaturated/α-hetero) is 1. The first-order chi connectivity index (χ1) is 6.43. The molecule has 0 unspecified atom stereocenters. The number of aryl methyl sites for hydroxylation is 1. The lowest BCUT2D eigenvalue weighted by molar-refractivity contribution is 0.0678. The third kappa shape index (κ3) is 2.22. The third-order valence-electron chi connectivity index (χ3n) is 1.69. The maximum Gasteiger partial charge on any atom is 0.300 e. The number of halogens is 4. The minimum atomic E-state index is -3.02. The summed E-state index contributed by atoms with van der Waals surface area (Å²) in [5, 5.41) is 0.383. The molecule has 1 rings (SSSR count). The number of rotatable bonds is 2. The monoisotopic (exact) mass is 238 g/mol. The van der Waals surface area contributed by atoms with E-state index in [0.717, 1.165) is 6.07 Å². The Balaban J connectivity index is 3.19. The van der Waals surface area contributed by atoms with E-state index in [-0.39, 0.29) is 15.6 Å². The molecule has 0 saturated carbocycles. The van der Waals surface area contributed by atoms with Crippen molar-refractivity contribution in [3.63, 3.8) is 0 Å². The summed E-state index contributed by atoms with van der Waals surface area (Å²) in [6, 6.07) is 2.44. The van der Waals surface area contributed by atoms with Crippen molar-refractivity contribution in [1.29, 1.82) is 0 Å². The second-order valence-corrected chi connectivity index (χ2v) is 3.54. The van der Waals surface area contributed by atoms with Crippen LogP contribution < -0.4 is 0 Å². The molecular formula is C9H6Cl2F2O. The van der Waals surface area contributed by atoms with Crippen LogP contribution in [0.25, 0.3) is 0 Å². The summed E-state index contributed by atoms with van der Waals surface area (Å²) >= 11 is 11.3. The molecule has 0 aliphatic heterocycles. The molecule has 5 heteroatoms. The van der Waals surface area contributed by atoms with Crippen LogP contribution in [0.1, 0.15) is 15.9 Å². The molecule has 0 radical (unpaired) electrons. The van der Waals surface area contributed by atoms with E-state index in [1.807, 2.05) is 0 Å². The zero-order valence-corrected chi connectivity index (χ0v) is 8.66. The number of ketones is 1. The number of hydrogen-bond donors (Lipinski definition) is 0. The fourth-order valence-electron chi connectivity index (χ4n) is 0.995. The lowest BCUT2D eigenvalue weighted by Gasteiger charge is -2.04. The van der Waals surface area contributed by atoms with Gasteiger partial charge in [-0.25, -0.2) is 8.78 Å². The van der Waals surface area contributed by atoms with E-state index in [4.69, 9.17) is 23.2 Å². The van der Waals surface area contributed by atoms with E-state index in [0.29, 0.717) is 5.56 Å². The molecule has 0 bridgehead atoms. The van der Waals surface area contributed by atoms with Crippen LogP contribution in [-0.4, -0.2) is 12.2 Å². The molecule has 0 spiro atoms. The van der Waals surface area contributed by atoms with Crippen molar-refractivity contribution >= 4 is 29.0 Å². The predicted molar refractivity (Wildman–Crippen MR) is 51.5 cm³/mol. The smallest absolute Gasteiger partial charge is 0.288 e. The van der Waals surface area contributed by atoms with Gasteiger partial charge in [0.15, 0.2) is 0 Å². The summed E-state index contributed by atoms with van der Waals surface area (Å²) in [7, 11) is 0. The van der Waals surface area contributed by atoms with Gasteiger partial charge >= 0.3 is 6.43 Å². The first kappa shape index (κ1) is 11.4. The largest absolute Gasteiger partial charge is 0.300 e. The van der Waals surface area contributed by atoms with Crippen LogP contribution in [0.3, 0.4) is 0 Å². The maximum absolute atomic E-state index is 12.1. The summed E-state index contributed by atoms with van der Waals surface area (Å²) in [5.41, 5.74) is 0.384. The number of carbonyl (C=O) groups excluding carboxylic acids is 1. The van der Waals surface area contributed by atoms with Gasteiger partial charge in [0.25, 0.3) is 0 Å². The van der Waals surface area contributed by atoms with Gasteiger partial charge in [0.2, 0.25) is 5.78 Å². The summed E-state index contributed by atoms with van der Waals surface area (Å²) in [4.78, 5) is 10.9. The zero-order chi connectivity index (χ0) is 10.9. The molecule has 0 N–H and O–H groups in total. The first-order valence-electron chi connectivity index (χ1n) is 3.71. The average molecular weight is 239 g/mol. The molecule has 76 valence electrons. The molecule has 1 aromatic carbocycles. The Hall–Kier alpha value is -0.670. The van der Waals surface area contributed by atoms with Crippen LogP contribution in [0, 0.1) is 6.92 Å². The van der Waals surface area contributed by atoms with Gasteiger partial charge < -0.3 is 0 Å². The average Bonchev–Trinajstić information content (AvgIpc) is 2.12. The van der Waals surface area contributed by atoms with Crippen molar-refractivity contribution in [2.75, 3.05) is 0 Å². The SMILES string of the molecule is Cc1cc(C(=O)C(F)F)cc(Cl)c1Cl. The Kier molecular flexibility index (Phi) is 3.45. The summed E-state index contributed by atoms with van der Waals surface area (Å²) in [5.74, 6) is -1.24. The number of carbonyl (C=O) groups is 1. The van der Waals surface area contributed by atoms with Crippen LogP contribution >= 0.6 is 23.2 Å². The molecule has 14 heavy (non-hydrogen) atoms. The normalized spacial score (nSPS) is 10.7. The van der Waals surface area contributed by atoms with Crippen molar-refractivity contribution in [2.24, 2.45) is 0 Å². The number of alkyl halides is 2. The maximum atomic E-state index is 12.1. The Labute approximate surface area is 89.6 Å². The molecule has 0 aliphatic rings. The van der Waals surface area contributed by atoms with Crippen molar-refractivity contribution in [2.45, 2.75) is 13.3 Å². The minimum Gasteiger partial charge on any atom is -0.288 e. The standard InChI is InChI=1S/C9H6Cl2F2O/c1-4-2-5(8(14)9(12)13)3-6(10)7(4)11/h2-3,9H,1H3. The summed E-state index contributed by atoms with van der Waals surface area (Å²) in [6.07, 6.45) is -3.02. The van der Waals surface area contributed by atoms with E-state index in [9.17, 15) is 13.6 Å². The Bertz CT molecular complexity index is 354. The minimum absolute atomic E-state index is 0.107. The van der Waals surface area contributed by atoms with E-state index in [2.05, 4.69) is 0 Å². The molecule has 0 aliphatic carbocycles. The predicted octanol–water partition coefficient (Wildman–Crippen LogP) is 3.75. The Morgan fingerprint density at radius 2 is 1.93 bits per heavy atom. The molecule has 0 atom stereocenters. The van der Waals surface area contributed by atoms with Crippen LogP contribution in [0.2, 0.25) is 10.0 Å². The highest BCUT2D eigenvalue weighted by atomic mass is 35.5. The highest BCUT2D eigenvalue weighted by molar-refractivity contribution is 6.42. The quantitative estimate of drug-likeness (QED) is 0.718. The third-order valence-corrected chi connectivity index (χ3v) is 2.59. The van der Waals surface area contributed by atoms with Crippen molar-refractivity contribution in [3.8, 4) is 0 Å². The van der Waals surface area contributed by atoms with Gasteiger partial charge in [-0.2, -0.15) is 0 Å².